The minimum atomic E-state index is -1.10. The minimum absolute atomic E-state index is 0.0627. The SMILES string of the molecule is [C-]#[N+]C[C@H]1CN(c2nc(OC[C@@H]3CCCN3C)nc3cc(-c4cccc5ccc(F)c(Cl)c45)c(F)cc23)CCN1C(=O)C(=C)F. The van der Waals surface area contributed by atoms with E-state index in [2.05, 4.69) is 21.3 Å². The van der Waals surface area contributed by atoms with E-state index in [1.807, 2.05) is 11.9 Å². The number of hydrogen-bond donors (Lipinski definition) is 0. The van der Waals surface area contributed by atoms with Crippen LogP contribution in [0.15, 0.2) is 54.9 Å². The zero-order valence-corrected chi connectivity index (χ0v) is 25.3. The lowest BCUT2D eigenvalue weighted by Gasteiger charge is -2.39. The summed E-state index contributed by atoms with van der Waals surface area (Å²) in [6.07, 6.45) is 2.03. The molecular formula is C33H30ClF3N6O2. The third kappa shape index (κ3) is 5.88. The van der Waals surface area contributed by atoms with Gasteiger partial charge in [0.25, 0.3) is 5.91 Å². The molecule has 1 amide bonds. The largest absolute Gasteiger partial charge is 0.462 e. The van der Waals surface area contributed by atoms with Crippen LogP contribution < -0.4 is 9.64 Å². The molecule has 3 heterocycles. The fourth-order valence-corrected chi connectivity index (χ4v) is 6.53. The number of hydrogen-bond acceptors (Lipinski definition) is 6. The Hall–Kier alpha value is -4.40. The highest BCUT2D eigenvalue weighted by molar-refractivity contribution is 6.37. The monoisotopic (exact) mass is 634 g/mol. The van der Waals surface area contributed by atoms with E-state index in [0.29, 0.717) is 39.7 Å². The standard InChI is InChI=1S/C33H30ClF3N6O2/c1-19(35)32(44)43-13-12-42(17-22(43)16-38-2)31-25-14-27(37)24(23-8-4-6-20-9-10-26(36)30(34)29(20)23)15-28(25)39-33(40-31)45-18-21-7-5-11-41(21)3/h4,6,8-10,14-15,21-22H,1,5,7,11-13,16-18H2,3H3/t21-,22-/m0/s1. The Morgan fingerprint density at radius 3 is 2.67 bits per heavy atom. The van der Waals surface area contributed by atoms with Gasteiger partial charge < -0.3 is 24.3 Å². The highest BCUT2D eigenvalue weighted by Crippen LogP contribution is 2.39. The molecule has 2 fully saturated rings. The molecule has 1 aromatic heterocycles. The second-order valence-corrected chi connectivity index (χ2v) is 11.8. The molecule has 232 valence electrons. The first-order chi connectivity index (χ1) is 21.7. The van der Waals surface area contributed by atoms with Crippen LogP contribution in [0, 0.1) is 18.2 Å². The van der Waals surface area contributed by atoms with Crippen LogP contribution in [0.5, 0.6) is 6.01 Å². The van der Waals surface area contributed by atoms with Gasteiger partial charge in [0, 0.05) is 42.0 Å². The van der Waals surface area contributed by atoms with E-state index in [0.717, 1.165) is 19.4 Å². The van der Waals surface area contributed by atoms with Crippen LogP contribution in [0.1, 0.15) is 12.8 Å². The van der Waals surface area contributed by atoms with Crippen molar-refractivity contribution in [1.82, 2.24) is 19.8 Å². The van der Waals surface area contributed by atoms with E-state index in [1.54, 1.807) is 30.3 Å². The van der Waals surface area contributed by atoms with Gasteiger partial charge >= 0.3 is 6.01 Å². The molecule has 4 aromatic rings. The predicted octanol–water partition coefficient (Wildman–Crippen LogP) is 6.27. The number of likely N-dealkylation sites (N-methyl/N-ethyl adjacent to an activating group) is 1. The number of carbonyl (C=O) groups is 1. The van der Waals surface area contributed by atoms with Gasteiger partial charge in [-0.1, -0.05) is 42.4 Å². The molecule has 0 saturated carbocycles. The molecule has 45 heavy (non-hydrogen) atoms. The van der Waals surface area contributed by atoms with Crippen molar-refractivity contribution in [1.29, 1.82) is 0 Å². The minimum Gasteiger partial charge on any atom is -0.462 e. The second-order valence-electron chi connectivity index (χ2n) is 11.4. The first kappa shape index (κ1) is 30.6. The van der Waals surface area contributed by atoms with Crippen LogP contribution in [0.4, 0.5) is 19.0 Å². The fourth-order valence-electron chi connectivity index (χ4n) is 6.25. The molecule has 0 unspecified atom stereocenters. The van der Waals surface area contributed by atoms with Crippen molar-refractivity contribution in [3.8, 4) is 17.1 Å². The maximum atomic E-state index is 16.1. The summed E-state index contributed by atoms with van der Waals surface area (Å²) in [6.45, 7) is 12.3. The lowest BCUT2D eigenvalue weighted by Crippen LogP contribution is -2.56. The number of fused-ring (bicyclic) bond motifs is 2. The van der Waals surface area contributed by atoms with E-state index in [-0.39, 0.29) is 48.8 Å². The van der Waals surface area contributed by atoms with Gasteiger partial charge in [-0.3, -0.25) is 4.79 Å². The first-order valence-electron chi connectivity index (χ1n) is 14.6. The van der Waals surface area contributed by atoms with E-state index >= 15 is 4.39 Å². The molecule has 0 radical (unpaired) electrons. The van der Waals surface area contributed by atoms with Gasteiger partial charge in [0.05, 0.1) is 10.5 Å². The molecule has 0 bridgehead atoms. The number of likely N-dealkylation sites (tertiary alicyclic amines) is 1. The number of rotatable bonds is 7. The van der Waals surface area contributed by atoms with E-state index in [4.69, 9.17) is 27.9 Å². The number of ether oxygens (including phenoxy) is 1. The van der Waals surface area contributed by atoms with E-state index < -0.39 is 29.4 Å². The highest BCUT2D eigenvalue weighted by atomic mass is 35.5. The predicted molar refractivity (Wildman–Crippen MR) is 168 cm³/mol. The number of benzene rings is 3. The molecule has 2 saturated heterocycles. The summed E-state index contributed by atoms with van der Waals surface area (Å²) in [6, 6.07) is 10.6. The van der Waals surface area contributed by atoms with Gasteiger partial charge in [-0.05, 0) is 55.6 Å². The van der Waals surface area contributed by atoms with Crippen LogP contribution in [-0.2, 0) is 4.79 Å². The van der Waals surface area contributed by atoms with E-state index in [1.165, 1.54) is 17.0 Å². The van der Waals surface area contributed by atoms with Crippen LogP contribution in [0.3, 0.4) is 0 Å². The fraction of sp³-hybridized carbons (Fsp3) is 0.333. The van der Waals surface area contributed by atoms with Crippen molar-refractivity contribution in [3.05, 3.63) is 82.9 Å². The topological polar surface area (TPSA) is 66.2 Å². The lowest BCUT2D eigenvalue weighted by molar-refractivity contribution is -0.131. The highest BCUT2D eigenvalue weighted by Gasteiger charge is 2.35. The van der Waals surface area contributed by atoms with Crippen molar-refractivity contribution in [2.75, 3.05) is 51.3 Å². The maximum Gasteiger partial charge on any atom is 0.319 e. The van der Waals surface area contributed by atoms with Gasteiger partial charge in [-0.2, -0.15) is 9.97 Å². The van der Waals surface area contributed by atoms with Gasteiger partial charge in [-0.25, -0.2) is 19.7 Å². The van der Waals surface area contributed by atoms with Crippen molar-refractivity contribution in [2.24, 2.45) is 0 Å². The molecule has 6 rings (SSSR count). The second kappa shape index (κ2) is 12.5. The van der Waals surface area contributed by atoms with Crippen LogP contribution in [0.2, 0.25) is 5.02 Å². The third-order valence-corrected chi connectivity index (χ3v) is 8.99. The Balaban J connectivity index is 1.46. The zero-order valence-electron chi connectivity index (χ0n) is 24.6. The third-order valence-electron chi connectivity index (χ3n) is 8.62. The molecule has 2 atom stereocenters. The van der Waals surface area contributed by atoms with Crippen LogP contribution >= 0.6 is 11.6 Å². The number of halogens is 4. The Morgan fingerprint density at radius 1 is 1.11 bits per heavy atom. The molecule has 2 aliphatic rings. The molecule has 12 heteroatoms. The quantitative estimate of drug-likeness (QED) is 0.176. The summed E-state index contributed by atoms with van der Waals surface area (Å²) >= 11 is 6.38. The summed E-state index contributed by atoms with van der Waals surface area (Å²) in [5.74, 6) is -2.80. The summed E-state index contributed by atoms with van der Waals surface area (Å²) < 4.78 is 50.5. The summed E-state index contributed by atoms with van der Waals surface area (Å²) in [4.78, 5) is 30.6. The lowest BCUT2D eigenvalue weighted by atomic mass is 9.96. The van der Waals surface area contributed by atoms with Crippen molar-refractivity contribution in [2.45, 2.75) is 24.9 Å². The first-order valence-corrected chi connectivity index (χ1v) is 15.0. The van der Waals surface area contributed by atoms with Gasteiger partial charge in [0.1, 0.15) is 30.1 Å². The average molecular weight is 635 g/mol. The summed E-state index contributed by atoms with van der Waals surface area (Å²) in [5, 5.41) is 1.31. The normalized spacial score (nSPS) is 18.8. The number of amides is 1. The Bertz CT molecular complexity index is 1860. The summed E-state index contributed by atoms with van der Waals surface area (Å²) in [5.41, 5.74) is 0.963. The summed E-state index contributed by atoms with van der Waals surface area (Å²) in [7, 11) is 2.03. The van der Waals surface area contributed by atoms with Gasteiger partial charge in [-0.15, -0.1) is 0 Å². The maximum absolute atomic E-state index is 16.1. The smallest absolute Gasteiger partial charge is 0.319 e. The molecular weight excluding hydrogens is 605 g/mol. The zero-order chi connectivity index (χ0) is 31.8. The van der Waals surface area contributed by atoms with Crippen molar-refractivity contribution in [3.63, 3.8) is 0 Å². The Labute approximate surface area is 263 Å². The van der Waals surface area contributed by atoms with Crippen LogP contribution in [0.25, 0.3) is 37.6 Å². The van der Waals surface area contributed by atoms with Crippen LogP contribution in [-0.4, -0.2) is 84.1 Å². The van der Waals surface area contributed by atoms with Crippen molar-refractivity contribution >= 4 is 45.0 Å². The van der Waals surface area contributed by atoms with Gasteiger partial charge in [0.2, 0.25) is 6.54 Å². The van der Waals surface area contributed by atoms with E-state index in [9.17, 15) is 13.6 Å². The molecule has 0 spiro atoms. The van der Waals surface area contributed by atoms with Crippen molar-refractivity contribution < 1.29 is 22.7 Å². The molecule has 0 aliphatic carbocycles. The number of piperazine rings is 1. The molecule has 8 nitrogen and oxygen atoms in total. The Morgan fingerprint density at radius 2 is 1.93 bits per heavy atom. The molecule has 3 aromatic carbocycles. The molecule has 0 N–H and O–H groups in total. The number of anilines is 1. The number of nitrogens with zero attached hydrogens (tertiary/aromatic N) is 6. The molecule has 2 aliphatic heterocycles. The number of carbonyl (C=O) groups excluding carboxylic acids is 1. The number of aromatic nitrogens is 2. The average Bonchev–Trinajstić information content (AvgIpc) is 3.45. The Kier molecular flexibility index (Phi) is 8.53. The van der Waals surface area contributed by atoms with Gasteiger partial charge in [0.15, 0.2) is 5.83 Å².